The van der Waals surface area contributed by atoms with Crippen LogP contribution in [0.3, 0.4) is 0 Å². The lowest BCUT2D eigenvalue weighted by Gasteiger charge is -1.99. The molecule has 0 aromatic carbocycles. The summed E-state index contributed by atoms with van der Waals surface area (Å²) in [5.74, 6) is -1.96. The van der Waals surface area contributed by atoms with E-state index in [2.05, 4.69) is 19.1 Å². The molecule has 0 heterocycles. The van der Waals surface area contributed by atoms with Crippen LogP contribution in [0, 0.1) is 0 Å². The highest BCUT2D eigenvalue weighted by atomic mass is 16.4. The van der Waals surface area contributed by atoms with E-state index in [1.165, 1.54) is 44.9 Å². The quantitative estimate of drug-likeness (QED) is 0.254. The highest BCUT2D eigenvalue weighted by molar-refractivity contribution is 6.32. The Labute approximate surface area is 129 Å². The van der Waals surface area contributed by atoms with Crippen LogP contribution in [-0.2, 0) is 9.59 Å². The Morgan fingerprint density at radius 2 is 1.24 bits per heavy atom. The summed E-state index contributed by atoms with van der Waals surface area (Å²) in [5.41, 5.74) is 0. The summed E-state index contributed by atoms with van der Waals surface area (Å²) in [6, 6.07) is 0. The van der Waals surface area contributed by atoms with Gasteiger partial charge in [0.15, 0.2) is 0 Å². The number of allylic oxidation sites excluding steroid dienone is 2. The zero-order valence-corrected chi connectivity index (χ0v) is 13.6. The summed E-state index contributed by atoms with van der Waals surface area (Å²) in [6.07, 6.45) is 19.0. The molecule has 0 aliphatic heterocycles. The van der Waals surface area contributed by atoms with Crippen molar-refractivity contribution in [1.82, 2.24) is 0 Å². The van der Waals surface area contributed by atoms with E-state index in [1.807, 2.05) is 0 Å². The Hall–Kier alpha value is -1.12. The molecule has 1 N–H and O–H groups in total. The van der Waals surface area contributed by atoms with Gasteiger partial charge in [0.25, 0.3) is 0 Å². The Morgan fingerprint density at radius 1 is 0.762 bits per heavy atom. The van der Waals surface area contributed by atoms with Crippen molar-refractivity contribution in [2.45, 2.75) is 90.4 Å². The minimum atomic E-state index is -1.30. The van der Waals surface area contributed by atoms with Crippen LogP contribution >= 0.6 is 0 Å². The molecule has 0 spiro atoms. The maximum atomic E-state index is 10.9. The van der Waals surface area contributed by atoms with Crippen LogP contribution < -0.4 is 0 Å². The summed E-state index contributed by atoms with van der Waals surface area (Å²) >= 11 is 0. The van der Waals surface area contributed by atoms with Crippen molar-refractivity contribution >= 4 is 11.8 Å². The zero-order valence-electron chi connectivity index (χ0n) is 13.6. The second-order valence-electron chi connectivity index (χ2n) is 5.71. The summed E-state index contributed by atoms with van der Waals surface area (Å²) < 4.78 is 0. The average Bonchev–Trinajstić information content (AvgIpc) is 2.47. The molecule has 0 saturated heterocycles. The van der Waals surface area contributed by atoms with E-state index in [1.54, 1.807) is 0 Å². The number of carboxylic acids is 1. The smallest absolute Gasteiger partial charge is 0.372 e. The molecule has 0 unspecified atom stereocenters. The van der Waals surface area contributed by atoms with E-state index in [-0.39, 0.29) is 6.42 Å². The second-order valence-corrected chi connectivity index (χ2v) is 5.71. The molecule has 0 bridgehead atoms. The monoisotopic (exact) mass is 296 g/mol. The number of carbonyl (C=O) groups excluding carboxylic acids is 1. The van der Waals surface area contributed by atoms with Gasteiger partial charge >= 0.3 is 5.97 Å². The lowest BCUT2D eigenvalue weighted by Crippen LogP contribution is -2.11. The molecule has 21 heavy (non-hydrogen) atoms. The fraction of sp³-hybridized carbons (Fsp3) is 0.778. The number of hydrogen-bond donors (Lipinski definition) is 1. The molecule has 3 nitrogen and oxygen atoms in total. The van der Waals surface area contributed by atoms with Crippen molar-refractivity contribution in [2.75, 3.05) is 0 Å². The number of unbranched alkanes of at least 4 members (excludes halogenated alkanes) is 10. The molecular weight excluding hydrogens is 264 g/mol. The first-order valence-electron chi connectivity index (χ1n) is 8.59. The van der Waals surface area contributed by atoms with Crippen LogP contribution in [0.2, 0.25) is 0 Å². The first kappa shape index (κ1) is 19.9. The van der Waals surface area contributed by atoms with E-state index < -0.39 is 11.8 Å². The number of hydrogen-bond acceptors (Lipinski definition) is 2. The number of aliphatic carboxylic acids is 1. The van der Waals surface area contributed by atoms with Crippen LogP contribution in [0.15, 0.2) is 12.2 Å². The predicted molar refractivity (Wildman–Crippen MR) is 87.5 cm³/mol. The van der Waals surface area contributed by atoms with E-state index in [9.17, 15) is 9.59 Å². The molecule has 0 aromatic heterocycles. The van der Waals surface area contributed by atoms with E-state index in [0.29, 0.717) is 6.42 Å². The van der Waals surface area contributed by atoms with Gasteiger partial charge in [0.1, 0.15) is 0 Å². The Balaban J connectivity index is 3.19. The molecule has 3 heteroatoms. The Bertz CT molecular complexity index is 295. The van der Waals surface area contributed by atoms with Crippen molar-refractivity contribution in [1.29, 1.82) is 0 Å². The minimum Gasteiger partial charge on any atom is -0.476 e. The van der Waals surface area contributed by atoms with Crippen molar-refractivity contribution < 1.29 is 14.7 Å². The van der Waals surface area contributed by atoms with E-state index in [4.69, 9.17) is 5.11 Å². The normalized spacial score (nSPS) is 11.1. The molecule has 0 atom stereocenters. The van der Waals surface area contributed by atoms with Crippen LogP contribution in [0.4, 0.5) is 0 Å². The maximum Gasteiger partial charge on any atom is 0.372 e. The highest BCUT2D eigenvalue weighted by Gasteiger charge is 2.09. The number of carbonyl (C=O) groups is 2. The van der Waals surface area contributed by atoms with Gasteiger partial charge in [-0.3, -0.25) is 4.79 Å². The minimum absolute atomic E-state index is 0.184. The van der Waals surface area contributed by atoms with Crippen molar-refractivity contribution in [3.05, 3.63) is 12.2 Å². The molecular formula is C18H32O3. The standard InChI is InChI=1S/C18H32O3/c1-2-3-4-5-6-7-8-9-10-11-12-13-14-15-16-17(19)18(20)21/h9-10H,2-8,11-16H2,1H3,(H,20,21). The van der Waals surface area contributed by atoms with Crippen LogP contribution in [0.1, 0.15) is 90.4 Å². The molecule has 0 rings (SSSR count). The van der Waals surface area contributed by atoms with Crippen LogP contribution in [0.5, 0.6) is 0 Å². The van der Waals surface area contributed by atoms with Crippen molar-refractivity contribution in [3.63, 3.8) is 0 Å². The van der Waals surface area contributed by atoms with Gasteiger partial charge < -0.3 is 5.11 Å². The molecule has 0 aliphatic rings. The molecule has 0 aliphatic carbocycles. The van der Waals surface area contributed by atoms with Gasteiger partial charge in [-0.25, -0.2) is 4.79 Å². The second kappa shape index (κ2) is 15.3. The SMILES string of the molecule is CCCCCCCCC=CCCCCCCC(=O)C(=O)O. The average molecular weight is 296 g/mol. The number of ketones is 1. The fourth-order valence-corrected chi connectivity index (χ4v) is 2.29. The fourth-order valence-electron chi connectivity index (χ4n) is 2.29. The lowest BCUT2D eigenvalue weighted by molar-refractivity contribution is -0.149. The van der Waals surface area contributed by atoms with E-state index >= 15 is 0 Å². The van der Waals surface area contributed by atoms with Crippen LogP contribution in [0.25, 0.3) is 0 Å². The van der Waals surface area contributed by atoms with Gasteiger partial charge in [-0.2, -0.15) is 0 Å². The summed E-state index contributed by atoms with van der Waals surface area (Å²) in [4.78, 5) is 21.2. The molecule has 122 valence electrons. The van der Waals surface area contributed by atoms with E-state index in [0.717, 1.165) is 25.7 Å². The Morgan fingerprint density at radius 3 is 1.76 bits per heavy atom. The summed E-state index contributed by atoms with van der Waals surface area (Å²) in [6.45, 7) is 2.24. The molecule has 0 radical (unpaired) electrons. The zero-order chi connectivity index (χ0) is 15.8. The summed E-state index contributed by atoms with van der Waals surface area (Å²) in [5, 5.41) is 8.43. The lowest BCUT2D eigenvalue weighted by atomic mass is 10.1. The number of Topliss-reactive ketones (excluding diaryl/α,β-unsaturated/α-hetero) is 1. The molecule has 0 aromatic rings. The molecule has 0 saturated carbocycles. The van der Waals surface area contributed by atoms with Crippen molar-refractivity contribution in [3.8, 4) is 0 Å². The number of carboxylic acid groups (broad SMARTS) is 1. The van der Waals surface area contributed by atoms with Crippen molar-refractivity contribution in [2.24, 2.45) is 0 Å². The van der Waals surface area contributed by atoms with Gasteiger partial charge in [-0.15, -0.1) is 0 Å². The van der Waals surface area contributed by atoms with Gasteiger partial charge in [-0.1, -0.05) is 64.0 Å². The predicted octanol–water partition coefficient (Wildman–Crippen LogP) is 5.29. The van der Waals surface area contributed by atoms with Gasteiger partial charge in [0, 0.05) is 6.42 Å². The topological polar surface area (TPSA) is 54.4 Å². The third kappa shape index (κ3) is 15.1. The highest BCUT2D eigenvalue weighted by Crippen LogP contribution is 2.09. The van der Waals surface area contributed by atoms with Crippen LogP contribution in [-0.4, -0.2) is 16.9 Å². The third-order valence-corrected chi connectivity index (χ3v) is 3.65. The molecule has 0 amide bonds. The first-order chi connectivity index (χ1) is 10.2. The third-order valence-electron chi connectivity index (χ3n) is 3.65. The molecule has 0 fully saturated rings. The first-order valence-corrected chi connectivity index (χ1v) is 8.59. The van der Waals surface area contributed by atoms with Gasteiger partial charge in [0.05, 0.1) is 0 Å². The van der Waals surface area contributed by atoms with Gasteiger partial charge in [-0.05, 0) is 32.1 Å². The Kier molecular flexibility index (Phi) is 14.5. The maximum absolute atomic E-state index is 10.9. The van der Waals surface area contributed by atoms with Gasteiger partial charge in [0.2, 0.25) is 5.78 Å². The largest absolute Gasteiger partial charge is 0.476 e. The summed E-state index contributed by atoms with van der Waals surface area (Å²) in [7, 11) is 0. The number of rotatable bonds is 15.